The normalized spacial score (nSPS) is 14.2. The molecule has 1 fully saturated rings. The highest BCUT2D eigenvalue weighted by Crippen LogP contribution is 2.40. The lowest BCUT2D eigenvalue weighted by Gasteiger charge is -2.25. The first-order valence-corrected chi connectivity index (χ1v) is 20.6. The number of carbonyl (C=O) groups is 1. The van der Waals surface area contributed by atoms with Crippen molar-refractivity contribution in [3.8, 4) is 23.0 Å². The van der Waals surface area contributed by atoms with Gasteiger partial charge in [-0.1, -0.05) is 35.7 Å². The zero-order valence-electron chi connectivity index (χ0n) is 30.4. The van der Waals surface area contributed by atoms with Crippen LogP contribution in [0.2, 0.25) is 5.02 Å². The van der Waals surface area contributed by atoms with Gasteiger partial charge in [0.2, 0.25) is 5.91 Å². The molecule has 3 aromatic carbocycles. The van der Waals surface area contributed by atoms with Crippen molar-refractivity contribution in [1.29, 1.82) is 0 Å². The Hall–Kier alpha value is -5.08. The summed E-state index contributed by atoms with van der Waals surface area (Å²) in [4.78, 5) is 18.7. The van der Waals surface area contributed by atoms with E-state index in [1.807, 2.05) is 0 Å². The number of para-hydroxylation sites is 2. The number of amides is 1. The highest BCUT2D eigenvalue weighted by atomic mass is 35.5. The zero-order valence-corrected chi connectivity index (χ0v) is 32.7. The largest absolute Gasteiger partial charge is 0.397 e. The summed E-state index contributed by atoms with van der Waals surface area (Å²) in [7, 11) is -3.37. The average Bonchev–Trinajstić information content (AvgIpc) is 3.91. The number of hydrogen-bond donors (Lipinski definition) is 4. The molecule has 0 bridgehead atoms. The number of nitrogen functional groups attached to an aromatic ring is 1. The zero-order chi connectivity index (χ0) is 39.8. The van der Waals surface area contributed by atoms with Gasteiger partial charge in [-0.2, -0.15) is 5.10 Å². The molecule has 1 aliphatic carbocycles. The molecule has 0 aliphatic heterocycles. The van der Waals surface area contributed by atoms with Gasteiger partial charge in [0.1, 0.15) is 39.6 Å². The minimum Gasteiger partial charge on any atom is -0.397 e. The summed E-state index contributed by atoms with van der Waals surface area (Å²) < 4.78 is 70.7. The Kier molecular flexibility index (Phi) is 11.2. The van der Waals surface area contributed by atoms with Crippen LogP contribution in [-0.4, -0.2) is 56.1 Å². The Morgan fingerprint density at radius 3 is 2.44 bits per heavy atom. The fourth-order valence-electron chi connectivity index (χ4n) is 6.33. The van der Waals surface area contributed by atoms with Gasteiger partial charge < -0.3 is 11.1 Å². The molecule has 6 N–H and O–H groups in total. The SMILES string of the molecule is Cn1nc(NS(C)=O)c2c(Cl)ccc(-c3ccc(C#CC(C)(C)S(=O)(=O)C4CC4)nc3C(Cc3cc(F)cc(F)c3)NC(=O)CN(N)c3ccccc3N)c21. The van der Waals surface area contributed by atoms with Gasteiger partial charge >= 0.3 is 0 Å². The van der Waals surface area contributed by atoms with Gasteiger partial charge in [-0.15, -0.1) is 0 Å². The van der Waals surface area contributed by atoms with Crippen LogP contribution in [0.5, 0.6) is 0 Å². The summed E-state index contributed by atoms with van der Waals surface area (Å²) in [5, 5.41) is 8.98. The minimum absolute atomic E-state index is 0.138. The van der Waals surface area contributed by atoms with Gasteiger partial charge in [0.25, 0.3) is 0 Å². The van der Waals surface area contributed by atoms with Crippen LogP contribution in [0.4, 0.5) is 26.0 Å². The second-order valence-corrected chi connectivity index (χ2v) is 18.1. The van der Waals surface area contributed by atoms with E-state index in [9.17, 15) is 26.2 Å². The maximum absolute atomic E-state index is 14.6. The molecule has 6 rings (SSSR count). The third-order valence-corrected chi connectivity index (χ3v) is 12.8. The molecule has 1 aliphatic rings. The number of nitrogens with two attached hydrogens (primary N) is 2. The number of halogens is 3. The van der Waals surface area contributed by atoms with Gasteiger partial charge in [0, 0.05) is 30.5 Å². The van der Waals surface area contributed by atoms with Crippen LogP contribution in [0.1, 0.15) is 49.7 Å². The molecule has 2 heterocycles. The molecule has 2 aromatic heterocycles. The maximum Gasteiger partial charge on any atom is 0.241 e. The highest BCUT2D eigenvalue weighted by molar-refractivity contribution is 7.93. The molecule has 0 saturated heterocycles. The molecular formula is C38H39ClF2N8O4S2. The van der Waals surface area contributed by atoms with E-state index in [2.05, 4.69) is 27.0 Å². The van der Waals surface area contributed by atoms with E-state index < -0.39 is 54.4 Å². The molecule has 0 spiro atoms. The highest BCUT2D eigenvalue weighted by Gasteiger charge is 2.45. The summed E-state index contributed by atoms with van der Waals surface area (Å²) in [5.41, 5.74) is 8.99. The van der Waals surface area contributed by atoms with Gasteiger partial charge in [0.05, 0.1) is 44.3 Å². The number of benzene rings is 3. The Morgan fingerprint density at radius 2 is 1.78 bits per heavy atom. The van der Waals surface area contributed by atoms with Gasteiger partial charge in [-0.05, 0) is 87.1 Å². The topological polar surface area (TPSA) is 178 Å². The number of aromatic nitrogens is 3. The van der Waals surface area contributed by atoms with E-state index in [0.29, 0.717) is 51.3 Å². The average molecular weight is 809 g/mol. The third kappa shape index (κ3) is 8.60. The van der Waals surface area contributed by atoms with Crippen LogP contribution < -0.4 is 26.6 Å². The van der Waals surface area contributed by atoms with Crippen LogP contribution >= 0.6 is 11.6 Å². The molecule has 288 valence electrons. The number of hydrogen-bond acceptors (Lipinski definition) is 9. The molecule has 17 heteroatoms. The molecule has 5 aromatic rings. The molecule has 2 unspecified atom stereocenters. The van der Waals surface area contributed by atoms with Crippen molar-refractivity contribution in [3.05, 3.63) is 100 Å². The van der Waals surface area contributed by atoms with Crippen LogP contribution in [-0.2, 0) is 39.1 Å². The molecular weight excluding hydrogens is 770 g/mol. The Morgan fingerprint density at radius 1 is 1.11 bits per heavy atom. The Bertz CT molecular complexity index is 2500. The quantitative estimate of drug-likeness (QED) is 0.0561. The lowest BCUT2D eigenvalue weighted by molar-refractivity contribution is -0.120. The number of rotatable bonds is 12. The number of hydrazine groups is 1. The lowest BCUT2D eigenvalue weighted by atomic mass is 9.93. The number of carbonyl (C=O) groups excluding carboxylic acids is 1. The molecule has 1 amide bonds. The molecule has 0 radical (unpaired) electrons. The second-order valence-electron chi connectivity index (χ2n) is 13.8. The van der Waals surface area contributed by atoms with Gasteiger partial charge in [-0.25, -0.2) is 32.2 Å². The number of pyridine rings is 1. The Labute approximate surface area is 325 Å². The van der Waals surface area contributed by atoms with E-state index >= 15 is 0 Å². The monoisotopic (exact) mass is 808 g/mol. The van der Waals surface area contributed by atoms with E-state index in [0.717, 1.165) is 18.2 Å². The van der Waals surface area contributed by atoms with Gasteiger partial charge in [-0.3, -0.25) is 19.2 Å². The summed E-state index contributed by atoms with van der Waals surface area (Å²) in [6.45, 7) is 2.73. The van der Waals surface area contributed by atoms with Crippen molar-refractivity contribution < 1.29 is 26.2 Å². The van der Waals surface area contributed by atoms with Crippen molar-refractivity contribution in [2.75, 3.05) is 28.3 Å². The Balaban J connectivity index is 1.53. The van der Waals surface area contributed by atoms with E-state index in [1.54, 1.807) is 74.1 Å². The summed E-state index contributed by atoms with van der Waals surface area (Å²) in [6, 6.07) is 15.4. The maximum atomic E-state index is 14.6. The number of sulfone groups is 1. The van der Waals surface area contributed by atoms with Crippen LogP contribution in [0.15, 0.2) is 66.7 Å². The van der Waals surface area contributed by atoms with E-state index in [-0.39, 0.29) is 35.7 Å². The number of nitrogens with one attached hydrogen (secondary N) is 2. The number of nitrogens with zero attached hydrogens (tertiary/aromatic N) is 4. The van der Waals surface area contributed by atoms with Crippen LogP contribution in [0.3, 0.4) is 0 Å². The van der Waals surface area contributed by atoms with Crippen molar-refractivity contribution in [2.45, 2.75) is 49.1 Å². The number of fused-ring (bicyclic) bond motifs is 1. The number of aryl methyl sites for hydroxylation is 1. The lowest BCUT2D eigenvalue weighted by Crippen LogP contribution is -2.43. The first-order valence-electron chi connectivity index (χ1n) is 17.1. The minimum atomic E-state index is -3.56. The molecule has 12 nitrogen and oxygen atoms in total. The predicted molar refractivity (Wildman–Crippen MR) is 213 cm³/mol. The van der Waals surface area contributed by atoms with Crippen molar-refractivity contribution in [1.82, 2.24) is 20.1 Å². The van der Waals surface area contributed by atoms with Crippen molar-refractivity contribution in [3.63, 3.8) is 0 Å². The standard InChI is InChI=1S/C38H39ClF2N8O4S2/c1-38(2,55(52,53)26-10-11-26)16-15-25-9-12-27(28-13-14-29(39)34-36(28)48(3)46-37(34)47-54(4)51)35(44-25)31(19-22-17-23(40)20-24(41)18-22)45-33(50)21-49(43)32-8-6-5-7-30(32)42/h5-9,12-14,17-18,20,26,31H,10-11,19,21,42-43H2,1-4H3,(H,45,50)(H,46,47). The molecule has 2 atom stereocenters. The molecule has 1 saturated carbocycles. The fourth-order valence-corrected chi connectivity index (χ4v) is 8.77. The first-order chi connectivity index (χ1) is 25.9. The summed E-state index contributed by atoms with van der Waals surface area (Å²) >= 11 is 6.68. The molecule has 55 heavy (non-hydrogen) atoms. The van der Waals surface area contributed by atoms with Crippen molar-refractivity contribution in [2.24, 2.45) is 12.9 Å². The summed E-state index contributed by atoms with van der Waals surface area (Å²) in [6.07, 6.45) is 2.48. The van der Waals surface area contributed by atoms with Crippen LogP contribution in [0, 0.1) is 23.5 Å². The smallest absolute Gasteiger partial charge is 0.241 e. The fraction of sp³-hybridized carbons (Fsp3) is 0.289. The predicted octanol–water partition coefficient (Wildman–Crippen LogP) is 5.34. The van der Waals surface area contributed by atoms with E-state index in [4.69, 9.17) is 28.2 Å². The van der Waals surface area contributed by atoms with Crippen LogP contribution in [0.25, 0.3) is 22.0 Å². The van der Waals surface area contributed by atoms with E-state index in [1.165, 1.54) is 11.3 Å². The third-order valence-electron chi connectivity index (χ3n) is 9.15. The van der Waals surface area contributed by atoms with Crippen molar-refractivity contribution >= 4 is 66.4 Å². The summed E-state index contributed by atoms with van der Waals surface area (Å²) in [5.74, 6) is 10.2. The second kappa shape index (κ2) is 15.6. The number of anilines is 3. The first kappa shape index (κ1) is 39.6. The van der Waals surface area contributed by atoms with Gasteiger partial charge in [0.15, 0.2) is 15.7 Å².